The summed E-state index contributed by atoms with van der Waals surface area (Å²) in [5.41, 5.74) is 2.77. The van der Waals surface area contributed by atoms with Gasteiger partial charge in [0.25, 0.3) is 11.8 Å². The van der Waals surface area contributed by atoms with Gasteiger partial charge in [-0.1, -0.05) is 42.1 Å². The van der Waals surface area contributed by atoms with Gasteiger partial charge in [0.2, 0.25) is 5.75 Å². The van der Waals surface area contributed by atoms with E-state index in [-0.39, 0.29) is 27.5 Å². The van der Waals surface area contributed by atoms with Gasteiger partial charge in [-0.05, 0) is 43.3 Å². The molecule has 10 heteroatoms. The van der Waals surface area contributed by atoms with Crippen LogP contribution in [0.3, 0.4) is 0 Å². The molecule has 2 amide bonds. The largest absolute Gasteiger partial charge is 0.507 e. The molecule has 1 fully saturated rings. The quantitative estimate of drug-likeness (QED) is 0.246. The molecule has 34 heavy (non-hydrogen) atoms. The van der Waals surface area contributed by atoms with E-state index >= 15 is 0 Å². The number of para-hydroxylation sites is 2. The average Bonchev–Trinajstić information content (AvgIpc) is 3.04. The Labute approximate surface area is 198 Å². The molecule has 1 aliphatic rings. The summed E-state index contributed by atoms with van der Waals surface area (Å²) in [7, 11) is 0. The van der Waals surface area contributed by atoms with E-state index in [1.54, 1.807) is 24.3 Å². The van der Waals surface area contributed by atoms with Crippen molar-refractivity contribution in [2.24, 2.45) is 0 Å². The third kappa shape index (κ3) is 3.84. The number of amides is 2. The summed E-state index contributed by atoms with van der Waals surface area (Å²) in [5, 5.41) is 51.5. The fourth-order valence-corrected chi connectivity index (χ4v) is 4.84. The zero-order chi connectivity index (χ0) is 24.6. The van der Waals surface area contributed by atoms with Crippen LogP contribution in [0.4, 0.5) is 0 Å². The Balaban J connectivity index is 1.82. The third-order valence-electron chi connectivity index (χ3n) is 5.36. The van der Waals surface area contributed by atoms with Crippen molar-refractivity contribution in [2.45, 2.75) is 11.8 Å². The number of rotatable bonds is 4. The average molecular weight is 480 g/mol. The third-order valence-corrected chi connectivity index (χ3v) is 6.68. The van der Waals surface area contributed by atoms with Crippen LogP contribution in [-0.4, -0.2) is 42.4 Å². The molecule has 4 rings (SSSR count). The van der Waals surface area contributed by atoms with Crippen LogP contribution in [0.25, 0.3) is 6.08 Å². The van der Waals surface area contributed by atoms with E-state index < -0.39 is 33.9 Å². The second-order valence-corrected chi connectivity index (χ2v) is 9.02. The smallest absolute Gasteiger partial charge is 0.280 e. The van der Waals surface area contributed by atoms with Gasteiger partial charge in [-0.15, -0.1) is 0 Å². The lowest BCUT2D eigenvalue weighted by Gasteiger charge is -2.34. The summed E-state index contributed by atoms with van der Waals surface area (Å²) in [6.07, 6.45) is 1.43. The molecule has 9 nitrogen and oxygen atoms in total. The molecule has 1 aliphatic heterocycles. The highest BCUT2D eigenvalue weighted by atomic mass is 32.2. The summed E-state index contributed by atoms with van der Waals surface area (Å²) < 4.78 is 0. The maximum absolute atomic E-state index is 13.4. The number of hydrazine groups is 1. The van der Waals surface area contributed by atoms with Crippen LogP contribution < -0.4 is 5.43 Å². The van der Waals surface area contributed by atoms with Crippen LogP contribution in [0, 0.1) is 0 Å². The molecular formula is C24H20N2O7S. The Morgan fingerprint density at radius 1 is 0.882 bits per heavy atom. The topological polar surface area (TPSA) is 151 Å². The Kier molecular flexibility index (Phi) is 5.76. The molecule has 3 aromatic rings. The first kappa shape index (κ1) is 22.9. The first-order valence-electron chi connectivity index (χ1n) is 10.00. The number of phenols is 5. The van der Waals surface area contributed by atoms with Crippen LogP contribution in [-0.2, 0) is 9.67 Å². The lowest BCUT2D eigenvalue weighted by molar-refractivity contribution is -0.131. The highest BCUT2D eigenvalue weighted by Gasteiger charge is 2.50. The first-order chi connectivity index (χ1) is 16.1. The molecule has 174 valence electrons. The lowest BCUT2D eigenvalue weighted by Crippen LogP contribution is -2.51. The number of hydrogen-bond donors (Lipinski definition) is 6. The number of nitrogens with one attached hydrogen (secondary N) is 1. The van der Waals surface area contributed by atoms with Crippen LogP contribution in [0.1, 0.15) is 28.4 Å². The molecule has 0 bridgehead atoms. The van der Waals surface area contributed by atoms with Crippen LogP contribution >= 0.6 is 11.8 Å². The number of carbonyl (C=O) groups is 2. The van der Waals surface area contributed by atoms with E-state index in [1.165, 1.54) is 43.3 Å². The van der Waals surface area contributed by atoms with Gasteiger partial charge in [0.05, 0.1) is 10.5 Å². The molecule has 0 aliphatic carbocycles. The number of carbonyl (C=O) groups excluding carboxylic acids is 2. The predicted octanol–water partition coefficient (Wildman–Crippen LogP) is 3.35. The Morgan fingerprint density at radius 2 is 1.53 bits per heavy atom. The van der Waals surface area contributed by atoms with E-state index in [0.29, 0.717) is 5.56 Å². The zero-order valence-corrected chi connectivity index (χ0v) is 18.6. The number of thioether (sulfide) groups is 1. The highest BCUT2D eigenvalue weighted by molar-refractivity contribution is 8.05. The summed E-state index contributed by atoms with van der Waals surface area (Å²) in [5.74, 6) is -3.82. The molecule has 0 radical (unpaired) electrons. The molecule has 1 atom stereocenters. The highest BCUT2D eigenvalue weighted by Crippen LogP contribution is 2.55. The van der Waals surface area contributed by atoms with Gasteiger partial charge < -0.3 is 25.5 Å². The van der Waals surface area contributed by atoms with Gasteiger partial charge in [0, 0.05) is 11.1 Å². The molecular weight excluding hydrogens is 460 g/mol. The predicted molar refractivity (Wildman–Crippen MR) is 125 cm³/mol. The van der Waals surface area contributed by atoms with Crippen molar-refractivity contribution in [1.82, 2.24) is 10.4 Å². The SMILES string of the molecule is CC1(c2ccc(O)c(O)c2O)S/C(=C/c2ccccc2O)C(=O)N1NC(=O)c1ccccc1O. The normalized spacial score (nSPS) is 18.9. The van der Waals surface area contributed by atoms with Gasteiger partial charge in [-0.3, -0.25) is 15.0 Å². The minimum Gasteiger partial charge on any atom is -0.507 e. The molecule has 6 N–H and O–H groups in total. The second-order valence-electron chi connectivity index (χ2n) is 7.58. The van der Waals surface area contributed by atoms with Gasteiger partial charge in [-0.25, -0.2) is 5.01 Å². The Hall–Kier alpha value is -4.31. The van der Waals surface area contributed by atoms with Crippen molar-refractivity contribution >= 4 is 29.7 Å². The van der Waals surface area contributed by atoms with E-state index in [4.69, 9.17) is 0 Å². The Bertz CT molecular complexity index is 1340. The van der Waals surface area contributed by atoms with E-state index in [0.717, 1.165) is 22.8 Å². The van der Waals surface area contributed by atoms with Crippen LogP contribution in [0.5, 0.6) is 28.7 Å². The number of aromatic hydroxyl groups is 5. The van der Waals surface area contributed by atoms with Gasteiger partial charge in [0.15, 0.2) is 11.5 Å². The van der Waals surface area contributed by atoms with Crippen molar-refractivity contribution in [2.75, 3.05) is 0 Å². The minimum absolute atomic E-state index is 0.0272. The van der Waals surface area contributed by atoms with Gasteiger partial charge >= 0.3 is 0 Å². The summed E-state index contributed by atoms with van der Waals surface area (Å²) >= 11 is 0.952. The van der Waals surface area contributed by atoms with Crippen molar-refractivity contribution in [3.05, 3.63) is 82.3 Å². The lowest BCUT2D eigenvalue weighted by atomic mass is 10.0. The van der Waals surface area contributed by atoms with Crippen molar-refractivity contribution < 1.29 is 35.1 Å². The molecule has 1 unspecified atom stereocenters. The van der Waals surface area contributed by atoms with Crippen molar-refractivity contribution in [3.63, 3.8) is 0 Å². The van der Waals surface area contributed by atoms with E-state index in [1.807, 2.05) is 0 Å². The van der Waals surface area contributed by atoms with E-state index in [9.17, 15) is 35.1 Å². The molecule has 0 aromatic heterocycles. The maximum atomic E-state index is 13.4. The first-order valence-corrected chi connectivity index (χ1v) is 10.8. The molecule has 0 spiro atoms. The molecule has 0 saturated carbocycles. The summed E-state index contributed by atoms with van der Waals surface area (Å²) in [6, 6.07) is 14.6. The number of phenolic OH excluding ortho intramolecular Hbond substituents is 5. The van der Waals surface area contributed by atoms with Crippen molar-refractivity contribution in [3.8, 4) is 28.7 Å². The fourth-order valence-electron chi connectivity index (χ4n) is 3.55. The van der Waals surface area contributed by atoms with E-state index in [2.05, 4.69) is 5.43 Å². The number of hydrogen-bond acceptors (Lipinski definition) is 8. The van der Waals surface area contributed by atoms with Crippen molar-refractivity contribution in [1.29, 1.82) is 0 Å². The monoisotopic (exact) mass is 480 g/mol. The van der Waals surface area contributed by atoms with Gasteiger partial charge in [-0.2, -0.15) is 0 Å². The summed E-state index contributed by atoms with van der Waals surface area (Å²) in [6.45, 7) is 1.53. The standard InChI is InChI=1S/C24H20N2O7S/c1-24(15-10-11-18(29)21(31)20(15)30)26(25-22(32)14-7-3-5-9-17(14)28)23(33)19(34-24)12-13-6-2-4-8-16(13)27/h2-12,27-31H,1H3,(H,25,32)/b19-12+. The second kappa shape index (κ2) is 8.56. The van der Waals surface area contributed by atoms with Gasteiger partial charge in [0.1, 0.15) is 16.4 Å². The maximum Gasteiger partial charge on any atom is 0.280 e. The number of nitrogens with zero attached hydrogens (tertiary/aromatic N) is 1. The fraction of sp³-hybridized carbons (Fsp3) is 0.0833. The molecule has 1 heterocycles. The number of benzene rings is 3. The molecule has 1 saturated heterocycles. The zero-order valence-electron chi connectivity index (χ0n) is 17.8. The molecule has 3 aromatic carbocycles. The Morgan fingerprint density at radius 3 is 2.21 bits per heavy atom. The van der Waals surface area contributed by atoms with Crippen LogP contribution in [0.2, 0.25) is 0 Å². The minimum atomic E-state index is -1.48. The summed E-state index contributed by atoms with van der Waals surface area (Å²) in [4.78, 5) is 25.0. The van der Waals surface area contributed by atoms with Crippen LogP contribution in [0.15, 0.2) is 65.6 Å².